The fourth-order valence-electron chi connectivity index (χ4n) is 2.33. The molecule has 0 aliphatic carbocycles. The molecule has 1 amide bonds. The number of carbonyl (C=O) groups excluding carboxylic acids is 1. The summed E-state index contributed by atoms with van der Waals surface area (Å²) in [6.45, 7) is 0.223. The van der Waals surface area contributed by atoms with Crippen molar-refractivity contribution in [3.8, 4) is 5.75 Å². The molecule has 0 aliphatic rings. The molecular weight excluding hydrogens is 411 g/mol. The lowest BCUT2D eigenvalue weighted by Crippen LogP contribution is -2.20. The molecule has 0 atom stereocenters. The van der Waals surface area contributed by atoms with Gasteiger partial charge in [-0.1, -0.05) is 6.07 Å². The Bertz CT molecular complexity index is 957. The number of hydrogen-bond donors (Lipinski definition) is 1. The number of alkyl halides is 3. The van der Waals surface area contributed by atoms with Crippen LogP contribution in [0.5, 0.6) is 5.75 Å². The van der Waals surface area contributed by atoms with Gasteiger partial charge in [0.15, 0.2) is 16.4 Å². The third kappa shape index (κ3) is 6.75. The number of ether oxygens (including phenoxy) is 2. The van der Waals surface area contributed by atoms with Crippen molar-refractivity contribution in [3.05, 3.63) is 53.6 Å². The number of carbonyl (C=O) groups is 1. The second-order valence-electron chi connectivity index (χ2n) is 6.19. The van der Waals surface area contributed by atoms with Crippen molar-refractivity contribution in [3.63, 3.8) is 0 Å². The molecule has 0 radical (unpaired) electrons. The van der Waals surface area contributed by atoms with E-state index in [2.05, 4.69) is 5.32 Å². The lowest BCUT2D eigenvalue weighted by Gasteiger charge is -2.15. The largest absolute Gasteiger partial charge is 0.482 e. The Kier molecular flexibility index (Phi) is 7.26. The van der Waals surface area contributed by atoms with Gasteiger partial charge in [-0.2, -0.15) is 13.2 Å². The summed E-state index contributed by atoms with van der Waals surface area (Å²) in [5, 5.41) is 2.48. The standard InChI is InChI=1S/C19H20F3NO5S/c1-13-3-8-16(17(11-13)28-12-19(20,21)22)23-18(24)14-4-6-15(7-5-14)29(25,26)10-9-27-2/h3-8,11H,9-10,12H2,1-2H3,(H,23,24). The number of benzene rings is 2. The van der Waals surface area contributed by atoms with Crippen LogP contribution in [0.15, 0.2) is 47.4 Å². The van der Waals surface area contributed by atoms with E-state index in [9.17, 15) is 26.4 Å². The maximum atomic E-state index is 12.4. The SMILES string of the molecule is COCCS(=O)(=O)c1ccc(C(=O)Nc2ccc(C)cc2OCC(F)(F)F)cc1. The van der Waals surface area contributed by atoms with Gasteiger partial charge in [-0.3, -0.25) is 4.79 Å². The molecule has 0 aromatic heterocycles. The van der Waals surface area contributed by atoms with Crippen LogP contribution in [0.25, 0.3) is 0 Å². The fraction of sp³-hybridized carbons (Fsp3) is 0.316. The third-order valence-corrected chi connectivity index (χ3v) is 5.50. The summed E-state index contributed by atoms with van der Waals surface area (Å²) in [7, 11) is -2.15. The van der Waals surface area contributed by atoms with Gasteiger partial charge in [-0.25, -0.2) is 8.42 Å². The summed E-state index contributed by atoms with van der Waals surface area (Å²) < 4.78 is 71.1. The second kappa shape index (κ2) is 9.27. The summed E-state index contributed by atoms with van der Waals surface area (Å²) in [6, 6.07) is 9.64. The van der Waals surface area contributed by atoms with Crippen LogP contribution in [0, 0.1) is 6.92 Å². The van der Waals surface area contributed by atoms with E-state index in [1.165, 1.54) is 43.5 Å². The van der Waals surface area contributed by atoms with Crippen molar-refractivity contribution >= 4 is 21.4 Å². The molecule has 29 heavy (non-hydrogen) atoms. The molecule has 0 bridgehead atoms. The third-order valence-electron chi connectivity index (χ3n) is 3.81. The molecule has 0 unspecified atom stereocenters. The number of amides is 1. The number of rotatable bonds is 8. The predicted molar refractivity (Wildman–Crippen MR) is 101 cm³/mol. The van der Waals surface area contributed by atoms with E-state index < -0.39 is 28.5 Å². The minimum atomic E-state index is -4.52. The number of aryl methyl sites for hydroxylation is 1. The zero-order valence-electron chi connectivity index (χ0n) is 15.7. The lowest BCUT2D eigenvalue weighted by atomic mass is 10.2. The number of nitrogens with one attached hydrogen (secondary N) is 1. The molecule has 6 nitrogen and oxygen atoms in total. The summed E-state index contributed by atoms with van der Waals surface area (Å²) >= 11 is 0. The first-order valence-corrected chi connectivity index (χ1v) is 10.1. The number of hydrogen-bond acceptors (Lipinski definition) is 5. The average molecular weight is 431 g/mol. The summed E-state index contributed by atoms with van der Waals surface area (Å²) in [6.07, 6.45) is -4.52. The Labute approximate surface area is 166 Å². The first-order chi connectivity index (χ1) is 13.5. The van der Waals surface area contributed by atoms with Gasteiger partial charge >= 0.3 is 6.18 Å². The first-order valence-electron chi connectivity index (χ1n) is 8.45. The normalized spacial score (nSPS) is 11.9. The Balaban J connectivity index is 2.16. The highest BCUT2D eigenvalue weighted by molar-refractivity contribution is 7.91. The number of halogens is 3. The predicted octanol–water partition coefficient (Wildman–Crippen LogP) is 3.61. The Morgan fingerprint density at radius 1 is 1.10 bits per heavy atom. The van der Waals surface area contributed by atoms with Crippen LogP contribution in [-0.4, -0.2) is 46.6 Å². The van der Waals surface area contributed by atoms with Crippen LogP contribution in [0.4, 0.5) is 18.9 Å². The Morgan fingerprint density at radius 2 is 1.76 bits per heavy atom. The summed E-state index contributed by atoms with van der Waals surface area (Å²) in [4.78, 5) is 12.5. The van der Waals surface area contributed by atoms with E-state index in [0.29, 0.717) is 5.56 Å². The molecule has 2 aromatic carbocycles. The van der Waals surface area contributed by atoms with E-state index in [1.54, 1.807) is 13.0 Å². The van der Waals surface area contributed by atoms with Gasteiger partial charge in [0, 0.05) is 12.7 Å². The zero-order valence-corrected chi connectivity index (χ0v) is 16.6. The Hall–Kier alpha value is -2.59. The van der Waals surface area contributed by atoms with E-state index in [0.717, 1.165) is 0 Å². The zero-order chi connectivity index (χ0) is 21.7. The number of methoxy groups -OCH3 is 1. The highest BCUT2D eigenvalue weighted by atomic mass is 32.2. The van der Waals surface area contributed by atoms with Gasteiger partial charge in [0.05, 0.1) is 22.9 Å². The van der Waals surface area contributed by atoms with Crippen LogP contribution in [-0.2, 0) is 14.6 Å². The summed E-state index contributed by atoms with van der Waals surface area (Å²) in [5.74, 6) is -0.931. The maximum Gasteiger partial charge on any atom is 0.422 e. The maximum absolute atomic E-state index is 12.4. The molecule has 0 aliphatic heterocycles. The van der Waals surface area contributed by atoms with Crippen LogP contribution >= 0.6 is 0 Å². The number of sulfone groups is 1. The van der Waals surface area contributed by atoms with Crippen molar-refractivity contribution in [2.75, 3.05) is 31.4 Å². The van der Waals surface area contributed by atoms with Crippen LogP contribution in [0.2, 0.25) is 0 Å². The monoisotopic (exact) mass is 431 g/mol. The smallest absolute Gasteiger partial charge is 0.422 e. The molecule has 2 rings (SSSR count). The molecule has 0 heterocycles. The quantitative estimate of drug-likeness (QED) is 0.691. The number of anilines is 1. The second-order valence-corrected chi connectivity index (χ2v) is 8.30. The van der Waals surface area contributed by atoms with Gasteiger partial charge in [-0.05, 0) is 48.9 Å². The highest BCUT2D eigenvalue weighted by Crippen LogP contribution is 2.28. The molecule has 10 heteroatoms. The van der Waals surface area contributed by atoms with Crippen molar-refractivity contribution in [2.24, 2.45) is 0 Å². The van der Waals surface area contributed by atoms with Crippen molar-refractivity contribution in [2.45, 2.75) is 18.0 Å². The van der Waals surface area contributed by atoms with Gasteiger partial charge in [0.2, 0.25) is 0 Å². The fourth-order valence-corrected chi connectivity index (χ4v) is 3.50. The minimum absolute atomic E-state index is 0.0376. The first kappa shape index (κ1) is 22.7. The van der Waals surface area contributed by atoms with Crippen molar-refractivity contribution in [1.29, 1.82) is 0 Å². The topological polar surface area (TPSA) is 81.7 Å². The van der Waals surface area contributed by atoms with Gasteiger partial charge in [0.25, 0.3) is 5.91 Å². The van der Waals surface area contributed by atoms with Crippen molar-refractivity contribution < 1.29 is 35.9 Å². The van der Waals surface area contributed by atoms with Gasteiger partial charge in [-0.15, -0.1) is 0 Å². The van der Waals surface area contributed by atoms with E-state index in [4.69, 9.17) is 9.47 Å². The highest BCUT2D eigenvalue weighted by Gasteiger charge is 2.29. The van der Waals surface area contributed by atoms with Gasteiger partial charge in [0.1, 0.15) is 5.75 Å². The molecular formula is C19H20F3NO5S. The van der Waals surface area contributed by atoms with Crippen LogP contribution < -0.4 is 10.1 Å². The molecule has 0 saturated heterocycles. The molecule has 1 N–H and O–H groups in total. The minimum Gasteiger partial charge on any atom is -0.482 e. The van der Waals surface area contributed by atoms with Crippen LogP contribution in [0.3, 0.4) is 0 Å². The van der Waals surface area contributed by atoms with Crippen molar-refractivity contribution in [1.82, 2.24) is 0 Å². The molecule has 0 fully saturated rings. The molecule has 2 aromatic rings. The molecule has 158 valence electrons. The van der Waals surface area contributed by atoms with E-state index >= 15 is 0 Å². The van der Waals surface area contributed by atoms with E-state index in [1.807, 2.05) is 0 Å². The Morgan fingerprint density at radius 3 is 2.34 bits per heavy atom. The lowest BCUT2D eigenvalue weighted by molar-refractivity contribution is -0.153. The van der Waals surface area contributed by atoms with Gasteiger partial charge < -0.3 is 14.8 Å². The summed E-state index contributed by atoms with van der Waals surface area (Å²) in [5.41, 5.74) is 0.866. The molecule has 0 saturated carbocycles. The molecule has 0 spiro atoms. The van der Waals surface area contributed by atoms with E-state index in [-0.39, 0.29) is 34.3 Å². The van der Waals surface area contributed by atoms with Crippen LogP contribution in [0.1, 0.15) is 15.9 Å². The average Bonchev–Trinajstić information content (AvgIpc) is 2.66.